The van der Waals surface area contributed by atoms with E-state index in [4.69, 9.17) is 10.5 Å². The molecule has 15 heavy (non-hydrogen) atoms. The van der Waals surface area contributed by atoms with Crippen LogP contribution in [0.15, 0.2) is 18.3 Å². The molecular formula is C10H15N3O2. The number of pyridine rings is 1. The van der Waals surface area contributed by atoms with Gasteiger partial charge in [0.2, 0.25) is 11.8 Å². The molecule has 3 N–H and O–H groups in total. The van der Waals surface area contributed by atoms with Crippen molar-refractivity contribution < 1.29 is 9.53 Å². The van der Waals surface area contributed by atoms with Crippen LogP contribution in [0.2, 0.25) is 0 Å². The van der Waals surface area contributed by atoms with Crippen molar-refractivity contribution in [3.8, 4) is 5.88 Å². The summed E-state index contributed by atoms with van der Waals surface area (Å²) in [6, 6.07) is 2.91. The third kappa shape index (κ3) is 3.21. The Hall–Kier alpha value is -1.62. The summed E-state index contributed by atoms with van der Waals surface area (Å²) in [5.41, 5.74) is 6.18. The Morgan fingerprint density at radius 1 is 1.67 bits per heavy atom. The van der Waals surface area contributed by atoms with Crippen molar-refractivity contribution in [3.63, 3.8) is 0 Å². The third-order valence-corrected chi connectivity index (χ3v) is 1.99. The summed E-state index contributed by atoms with van der Waals surface area (Å²) in [6.07, 6.45) is 2.13. The largest absolute Gasteiger partial charge is 0.481 e. The first-order chi connectivity index (χ1) is 7.17. The zero-order valence-corrected chi connectivity index (χ0v) is 8.86. The molecule has 5 heteroatoms. The Morgan fingerprint density at radius 3 is 2.87 bits per heavy atom. The van der Waals surface area contributed by atoms with E-state index in [2.05, 4.69) is 10.3 Å². The topological polar surface area (TPSA) is 77.2 Å². The molecule has 0 unspecified atom stereocenters. The average Bonchev–Trinajstić information content (AvgIpc) is 2.29. The van der Waals surface area contributed by atoms with E-state index >= 15 is 0 Å². The molecule has 1 aromatic rings. The summed E-state index contributed by atoms with van der Waals surface area (Å²) in [5, 5.41) is 2.66. The lowest BCUT2D eigenvalue weighted by Crippen LogP contribution is -2.34. The monoisotopic (exact) mass is 209 g/mol. The van der Waals surface area contributed by atoms with Crippen LogP contribution in [0.1, 0.15) is 13.3 Å². The number of rotatable bonds is 4. The number of amides is 1. The summed E-state index contributed by atoms with van der Waals surface area (Å²) in [4.78, 5) is 15.4. The highest BCUT2D eigenvalue weighted by molar-refractivity contribution is 5.94. The van der Waals surface area contributed by atoms with Crippen LogP contribution in [0.5, 0.6) is 5.88 Å². The van der Waals surface area contributed by atoms with Gasteiger partial charge in [0.1, 0.15) is 0 Å². The number of nitrogens with two attached hydrogens (primary N) is 1. The van der Waals surface area contributed by atoms with Gasteiger partial charge < -0.3 is 15.8 Å². The molecule has 1 heterocycles. The molecule has 5 nitrogen and oxygen atoms in total. The van der Waals surface area contributed by atoms with Crippen LogP contribution >= 0.6 is 0 Å². The molecule has 0 saturated heterocycles. The highest BCUT2D eigenvalue weighted by atomic mass is 16.5. The number of nitrogens with zero attached hydrogens (tertiary/aromatic N) is 1. The number of methoxy groups -OCH3 is 1. The molecule has 0 aliphatic rings. The Kier molecular flexibility index (Phi) is 4.05. The van der Waals surface area contributed by atoms with Crippen molar-refractivity contribution in [3.05, 3.63) is 18.3 Å². The molecule has 1 atom stereocenters. The summed E-state index contributed by atoms with van der Waals surface area (Å²) in [7, 11) is 1.54. The first-order valence-corrected chi connectivity index (χ1v) is 4.74. The van der Waals surface area contributed by atoms with E-state index in [9.17, 15) is 4.79 Å². The molecule has 0 radical (unpaired) electrons. The van der Waals surface area contributed by atoms with E-state index in [0.29, 0.717) is 18.0 Å². The smallest absolute Gasteiger partial charge is 0.241 e. The predicted octanol–water partition coefficient (Wildman–Crippen LogP) is 0.766. The molecule has 0 spiro atoms. The van der Waals surface area contributed by atoms with Crippen molar-refractivity contribution in [2.24, 2.45) is 5.73 Å². The molecule has 1 aromatic heterocycles. The number of hydrogen-bond donors (Lipinski definition) is 2. The van der Waals surface area contributed by atoms with Gasteiger partial charge in [-0.1, -0.05) is 6.92 Å². The van der Waals surface area contributed by atoms with Crippen molar-refractivity contribution in [2.45, 2.75) is 19.4 Å². The Morgan fingerprint density at radius 2 is 2.40 bits per heavy atom. The number of anilines is 1. The van der Waals surface area contributed by atoms with E-state index in [0.717, 1.165) is 0 Å². The first-order valence-electron chi connectivity index (χ1n) is 4.74. The number of aromatic nitrogens is 1. The number of ether oxygens (including phenoxy) is 1. The number of hydrogen-bond acceptors (Lipinski definition) is 4. The van der Waals surface area contributed by atoms with Gasteiger partial charge in [0, 0.05) is 6.07 Å². The van der Waals surface area contributed by atoms with Gasteiger partial charge in [-0.3, -0.25) is 4.79 Å². The second-order valence-electron chi connectivity index (χ2n) is 3.09. The third-order valence-electron chi connectivity index (χ3n) is 1.99. The van der Waals surface area contributed by atoms with Gasteiger partial charge in [0.25, 0.3) is 0 Å². The minimum atomic E-state index is -0.480. The SMILES string of the molecule is CC[C@@H](N)C(=O)Nc1ccc(OC)nc1. The van der Waals surface area contributed by atoms with Gasteiger partial charge >= 0.3 is 0 Å². The van der Waals surface area contributed by atoms with E-state index in [1.165, 1.54) is 13.3 Å². The Balaban J connectivity index is 2.61. The van der Waals surface area contributed by atoms with Crippen molar-refractivity contribution in [1.29, 1.82) is 0 Å². The van der Waals surface area contributed by atoms with E-state index in [1.54, 1.807) is 12.1 Å². The molecule has 0 saturated carbocycles. The van der Waals surface area contributed by atoms with Gasteiger partial charge in [-0.05, 0) is 12.5 Å². The van der Waals surface area contributed by atoms with Crippen molar-refractivity contribution in [1.82, 2.24) is 4.98 Å². The Bertz CT molecular complexity index is 324. The van der Waals surface area contributed by atoms with Gasteiger partial charge in [-0.2, -0.15) is 0 Å². The maximum atomic E-state index is 11.4. The number of carbonyl (C=O) groups is 1. The fraction of sp³-hybridized carbons (Fsp3) is 0.400. The summed E-state index contributed by atoms with van der Waals surface area (Å²) < 4.78 is 4.89. The maximum absolute atomic E-state index is 11.4. The highest BCUT2D eigenvalue weighted by Crippen LogP contribution is 2.11. The molecular weight excluding hydrogens is 194 g/mol. The average molecular weight is 209 g/mol. The first kappa shape index (κ1) is 11.5. The van der Waals surface area contributed by atoms with Crippen LogP contribution in [0.3, 0.4) is 0 Å². The number of carbonyl (C=O) groups excluding carboxylic acids is 1. The lowest BCUT2D eigenvalue weighted by Gasteiger charge is -2.09. The van der Waals surface area contributed by atoms with E-state index in [1.807, 2.05) is 6.92 Å². The normalized spacial score (nSPS) is 11.9. The van der Waals surface area contributed by atoms with Gasteiger partial charge in [0.05, 0.1) is 25.0 Å². The molecule has 0 fully saturated rings. The molecule has 0 bridgehead atoms. The van der Waals surface area contributed by atoms with Crippen LogP contribution < -0.4 is 15.8 Å². The fourth-order valence-corrected chi connectivity index (χ4v) is 0.995. The molecule has 82 valence electrons. The second kappa shape index (κ2) is 5.31. The van der Waals surface area contributed by atoms with Gasteiger partial charge in [-0.15, -0.1) is 0 Å². The molecule has 0 aliphatic carbocycles. The quantitative estimate of drug-likeness (QED) is 0.767. The minimum Gasteiger partial charge on any atom is -0.481 e. The summed E-state index contributed by atoms with van der Waals surface area (Å²) in [6.45, 7) is 1.86. The highest BCUT2D eigenvalue weighted by Gasteiger charge is 2.10. The van der Waals surface area contributed by atoms with Crippen molar-refractivity contribution >= 4 is 11.6 Å². The lowest BCUT2D eigenvalue weighted by molar-refractivity contribution is -0.117. The second-order valence-corrected chi connectivity index (χ2v) is 3.09. The standard InChI is InChI=1S/C10H15N3O2/c1-3-8(11)10(14)13-7-4-5-9(15-2)12-6-7/h4-6,8H,3,11H2,1-2H3,(H,13,14)/t8-/m1/s1. The molecule has 1 amide bonds. The van der Waals surface area contributed by atoms with Crippen LogP contribution in [0, 0.1) is 0 Å². The minimum absolute atomic E-state index is 0.204. The predicted molar refractivity (Wildman–Crippen MR) is 57.7 cm³/mol. The van der Waals surface area contributed by atoms with Crippen LogP contribution in [-0.2, 0) is 4.79 Å². The lowest BCUT2D eigenvalue weighted by atomic mass is 10.2. The fourth-order valence-electron chi connectivity index (χ4n) is 0.995. The van der Waals surface area contributed by atoms with E-state index in [-0.39, 0.29) is 5.91 Å². The van der Waals surface area contributed by atoms with Gasteiger partial charge in [-0.25, -0.2) is 4.98 Å². The molecule has 1 rings (SSSR count). The summed E-state index contributed by atoms with van der Waals surface area (Å²) >= 11 is 0. The molecule has 0 aliphatic heterocycles. The van der Waals surface area contributed by atoms with E-state index < -0.39 is 6.04 Å². The zero-order chi connectivity index (χ0) is 11.3. The van der Waals surface area contributed by atoms with Gasteiger partial charge in [0.15, 0.2) is 0 Å². The maximum Gasteiger partial charge on any atom is 0.241 e. The molecule has 0 aromatic carbocycles. The number of nitrogens with one attached hydrogen (secondary N) is 1. The Labute approximate surface area is 88.6 Å². The van der Waals surface area contributed by atoms with Crippen LogP contribution in [0.4, 0.5) is 5.69 Å². The van der Waals surface area contributed by atoms with Crippen molar-refractivity contribution in [2.75, 3.05) is 12.4 Å². The zero-order valence-electron chi connectivity index (χ0n) is 8.86. The van der Waals surface area contributed by atoms with Crippen LogP contribution in [-0.4, -0.2) is 24.0 Å². The van der Waals surface area contributed by atoms with Crippen LogP contribution in [0.25, 0.3) is 0 Å². The summed E-state index contributed by atoms with van der Waals surface area (Å²) in [5.74, 6) is 0.303.